The van der Waals surface area contributed by atoms with Crippen LogP contribution < -0.4 is 0 Å². The second-order valence-corrected chi connectivity index (χ2v) is 3.33. The lowest BCUT2D eigenvalue weighted by molar-refractivity contribution is -0.145. The summed E-state index contributed by atoms with van der Waals surface area (Å²) in [4.78, 5) is 11.3. The lowest BCUT2D eigenvalue weighted by atomic mass is 9.88. The standard InChI is InChI=1S/C12H13NO2/c1-9(12(14)15-2)11(8-13)10-6-4-3-5-7-10/h3-7,9,11H,1-2H3. The number of nitrogens with zero attached hydrogens (tertiary/aromatic N) is 1. The SMILES string of the molecule is COC(=O)C(C)C(C#N)c1ccccc1. The third-order valence-corrected chi connectivity index (χ3v) is 2.37. The Labute approximate surface area is 89.3 Å². The Bertz CT molecular complexity index is 367. The summed E-state index contributed by atoms with van der Waals surface area (Å²) in [6.07, 6.45) is 0. The van der Waals surface area contributed by atoms with Crippen molar-refractivity contribution in [3.63, 3.8) is 0 Å². The number of hydrogen-bond donors (Lipinski definition) is 0. The molecular formula is C12H13NO2. The van der Waals surface area contributed by atoms with Crippen molar-refractivity contribution in [2.45, 2.75) is 12.8 Å². The molecule has 0 radical (unpaired) electrons. The van der Waals surface area contributed by atoms with E-state index in [0.717, 1.165) is 5.56 Å². The Morgan fingerprint density at radius 3 is 2.47 bits per heavy atom. The molecule has 0 N–H and O–H groups in total. The van der Waals surface area contributed by atoms with Crippen LogP contribution in [0.1, 0.15) is 18.4 Å². The number of esters is 1. The van der Waals surface area contributed by atoms with Gasteiger partial charge in [-0.05, 0) is 5.56 Å². The number of carbonyl (C=O) groups is 1. The Balaban J connectivity index is 2.91. The van der Waals surface area contributed by atoms with E-state index in [-0.39, 0.29) is 5.97 Å². The van der Waals surface area contributed by atoms with Gasteiger partial charge < -0.3 is 4.74 Å². The van der Waals surface area contributed by atoms with Gasteiger partial charge in [-0.2, -0.15) is 5.26 Å². The van der Waals surface area contributed by atoms with Crippen molar-refractivity contribution in [1.29, 1.82) is 5.26 Å². The van der Waals surface area contributed by atoms with Gasteiger partial charge in [-0.15, -0.1) is 0 Å². The third kappa shape index (κ3) is 2.57. The molecule has 1 aromatic carbocycles. The minimum absolute atomic E-state index is 0.356. The van der Waals surface area contributed by atoms with Crippen LogP contribution in [-0.2, 0) is 9.53 Å². The highest BCUT2D eigenvalue weighted by molar-refractivity contribution is 5.73. The molecule has 0 aliphatic heterocycles. The lowest BCUT2D eigenvalue weighted by Gasteiger charge is -2.15. The first-order chi connectivity index (χ1) is 7.20. The van der Waals surface area contributed by atoms with Gasteiger partial charge in [-0.1, -0.05) is 37.3 Å². The molecule has 0 amide bonds. The van der Waals surface area contributed by atoms with Crippen molar-refractivity contribution >= 4 is 5.97 Å². The molecule has 0 aromatic heterocycles. The molecule has 0 spiro atoms. The number of methoxy groups -OCH3 is 1. The minimum Gasteiger partial charge on any atom is -0.469 e. The van der Waals surface area contributed by atoms with Crippen LogP contribution in [0.3, 0.4) is 0 Å². The van der Waals surface area contributed by atoms with Crippen LogP contribution in [0.2, 0.25) is 0 Å². The van der Waals surface area contributed by atoms with Gasteiger partial charge >= 0.3 is 5.97 Å². The largest absolute Gasteiger partial charge is 0.469 e. The molecule has 3 nitrogen and oxygen atoms in total. The monoisotopic (exact) mass is 203 g/mol. The van der Waals surface area contributed by atoms with Crippen LogP contribution in [0.15, 0.2) is 30.3 Å². The van der Waals surface area contributed by atoms with Crippen LogP contribution in [0.25, 0.3) is 0 Å². The van der Waals surface area contributed by atoms with Gasteiger partial charge in [0.1, 0.15) is 0 Å². The summed E-state index contributed by atoms with van der Waals surface area (Å²) >= 11 is 0. The molecule has 0 heterocycles. The van der Waals surface area contributed by atoms with Crippen LogP contribution in [0.4, 0.5) is 0 Å². The fourth-order valence-electron chi connectivity index (χ4n) is 1.46. The predicted molar refractivity (Wildman–Crippen MR) is 56.0 cm³/mol. The van der Waals surface area contributed by atoms with Gasteiger partial charge in [0, 0.05) is 0 Å². The smallest absolute Gasteiger partial charge is 0.310 e. The predicted octanol–water partition coefficient (Wildman–Crippen LogP) is 2.10. The van der Waals surface area contributed by atoms with E-state index in [1.807, 2.05) is 30.3 Å². The minimum atomic E-state index is -0.446. The number of benzene rings is 1. The van der Waals surface area contributed by atoms with Crippen molar-refractivity contribution in [2.24, 2.45) is 5.92 Å². The van der Waals surface area contributed by atoms with E-state index < -0.39 is 11.8 Å². The number of carbonyl (C=O) groups excluding carboxylic acids is 1. The molecule has 0 aliphatic carbocycles. The maximum atomic E-state index is 11.3. The van der Waals surface area contributed by atoms with E-state index in [2.05, 4.69) is 10.8 Å². The number of hydrogen-bond acceptors (Lipinski definition) is 3. The quantitative estimate of drug-likeness (QED) is 0.707. The summed E-state index contributed by atoms with van der Waals surface area (Å²) in [6, 6.07) is 11.4. The first-order valence-corrected chi connectivity index (χ1v) is 4.73. The second-order valence-electron chi connectivity index (χ2n) is 3.33. The third-order valence-electron chi connectivity index (χ3n) is 2.37. The summed E-state index contributed by atoms with van der Waals surface area (Å²) in [7, 11) is 1.33. The van der Waals surface area contributed by atoms with Crippen LogP contribution in [-0.4, -0.2) is 13.1 Å². The topological polar surface area (TPSA) is 50.1 Å². The fraction of sp³-hybridized carbons (Fsp3) is 0.333. The Kier molecular flexibility index (Phi) is 3.87. The molecule has 0 saturated heterocycles. The van der Waals surface area contributed by atoms with E-state index in [1.165, 1.54) is 7.11 Å². The highest BCUT2D eigenvalue weighted by Gasteiger charge is 2.25. The number of nitriles is 1. The lowest BCUT2D eigenvalue weighted by Crippen LogP contribution is -2.19. The molecule has 0 bridgehead atoms. The van der Waals surface area contributed by atoms with Crippen LogP contribution >= 0.6 is 0 Å². The molecule has 3 heteroatoms. The molecule has 0 fully saturated rings. The molecule has 0 saturated carbocycles. The number of rotatable bonds is 3. The molecule has 2 atom stereocenters. The highest BCUT2D eigenvalue weighted by atomic mass is 16.5. The number of ether oxygens (including phenoxy) is 1. The first-order valence-electron chi connectivity index (χ1n) is 4.73. The van der Waals surface area contributed by atoms with Crippen molar-refractivity contribution < 1.29 is 9.53 Å². The van der Waals surface area contributed by atoms with Gasteiger partial charge in [0.25, 0.3) is 0 Å². The van der Waals surface area contributed by atoms with E-state index in [9.17, 15) is 4.79 Å². The van der Waals surface area contributed by atoms with Crippen molar-refractivity contribution in [3.8, 4) is 6.07 Å². The van der Waals surface area contributed by atoms with E-state index in [1.54, 1.807) is 6.92 Å². The fourth-order valence-corrected chi connectivity index (χ4v) is 1.46. The van der Waals surface area contributed by atoms with E-state index >= 15 is 0 Å². The summed E-state index contributed by atoms with van der Waals surface area (Å²) in [6.45, 7) is 1.70. The zero-order valence-corrected chi connectivity index (χ0v) is 8.81. The maximum Gasteiger partial charge on any atom is 0.310 e. The molecular weight excluding hydrogens is 190 g/mol. The average molecular weight is 203 g/mol. The summed E-state index contributed by atoms with van der Waals surface area (Å²) in [5.74, 6) is -1.24. The average Bonchev–Trinajstić information content (AvgIpc) is 2.30. The highest BCUT2D eigenvalue weighted by Crippen LogP contribution is 2.24. The van der Waals surface area contributed by atoms with E-state index in [0.29, 0.717) is 0 Å². The molecule has 0 aliphatic rings. The Morgan fingerprint density at radius 1 is 1.40 bits per heavy atom. The Morgan fingerprint density at radius 2 is 2.00 bits per heavy atom. The van der Waals surface area contributed by atoms with Crippen LogP contribution in [0, 0.1) is 17.2 Å². The van der Waals surface area contributed by atoms with Gasteiger partial charge in [0.05, 0.1) is 25.0 Å². The van der Waals surface area contributed by atoms with Gasteiger partial charge in [0.15, 0.2) is 0 Å². The zero-order chi connectivity index (χ0) is 11.3. The molecule has 1 aromatic rings. The molecule has 15 heavy (non-hydrogen) atoms. The molecule has 2 unspecified atom stereocenters. The molecule has 1 rings (SSSR count). The summed E-state index contributed by atoms with van der Waals surface area (Å²) < 4.78 is 4.63. The van der Waals surface area contributed by atoms with E-state index in [4.69, 9.17) is 5.26 Å². The van der Waals surface area contributed by atoms with Gasteiger partial charge in [-0.3, -0.25) is 4.79 Å². The maximum absolute atomic E-state index is 11.3. The zero-order valence-electron chi connectivity index (χ0n) is 8.81. The molecule has 78 valence electrons. The van der Waals surface area contributed by atoms with Crippen molar-refractivity contribution in [1.82, 2.24) is 0 Å². The van der Waals surface area contributed by atoms with Gasteiger partial charge in [0.2, 0.25) is 0 Å². The van der Waals surface area contributed by atoms with Crippen molar-refractivity contribution in [2.75, 3.05) is 7.11 Å². The van der Waals surface area contributed by atoms with Crippen molar-refractivity contribution in [3.05, 3.63) is 35.9 Å². The first kappa shape index (κ1) is 11.3. The second kappa shape index (κ2) is 5.16. The summed E-state index contributed by atoms with van der Waals surface area (Å²) in [5.41, 5.74) is 0.845. The van der Waals surface area contributed by atoms with Gasteiger partial charge in [-0.25, -0.2) is 0 Å². The Hall–Kier alpha value is -1.82. The summed E-state index contributed by atoms with van der Waals surface area (Å²) in [5, 5.41) is 9.04. The van der Waals surface area contributed by atoms with Crippen LogP contribution in [0.5, 0.6) is 0 Å². The normalized spacial score (nSPS) is 13.7.